The van der Waals surface area contributed by atoms with E-state index in [-0.39, 0.29) is 12.0 Å². The van der Waals surface area contributed by atoms with Gasteiger partial charge in [0, 0.05) is 13.1 Å². The Hall–Kier alpha value is -0.900. The van der Waals surface area contributed by atoms with E-state index in [0.717, 1.165) is 26.1 Å². The Labute approximate surface area is 109 Å². The van der Waals surface area contributed by atoms with Crippen molar-refractivity contribution < 1.29 is 9.84 Å². The summed E-state index contributed by atoms with van der Waals surface area (Å²) in [6.45, 7) is 6.81. The molecule has 1 aromatic carbocycles. The van der Waals surface area contributed by atoms with Gasteiger partial charge in [-0.3, -0.25) is 0 Å². The van der Waals surface area contributed by atoms with Crippen LogP contribution in [0.2, 0.25) is 0 Å². The highest BCUT2D eigenvalue weighted by molar-refractivity contribution is 5.14. The molecule has 2 rings (SSSR count). The lowest BCUT2D eigenvalue weighted by Gasteiger charge is -2.43. The minimum Gasteiger partial charge on any atom is -0.396 e. The number of rotatable bonds is 7. The van der Waals surface area contributed by atoms with Crippen molar-refractivity contribution >= 4 is 0 Å². The van der Waals surface area contributed by atoms with Crippen LogP contribution in [0.1, 0.15) is 12.5 Å². The fraction of sp³-hybridized carbons (Fsp3) is 0.600. The molecule has 0 aromatic heterocycles. The van der Waals surface area contributed by atoms with Gasteiger partial charge in [0.05, 0.1) is 25.2 Å². The molecule has 0 unspecified atom stereocenters. The molecule has 1 aliphatic heterocycles. The minimum atomic E-state index is -0.00724. The molecule has 0 saturated carbocycles. The Morgan fingerprint density at radius 1 is 1.28 bits per heavy atom. The lowest BCUT2D eigenvalue weighted by Crippen LogP contribution is -2.53. The number of aliphatic hydroxyl groups excluding tert-OH is 1. The Kier molecular flexibility index (Phi) is 4.75. The summed E-state index contributed by atoms with van der Waals surface area (Å²) in [6, 6.07) is 10.6. The van der Waals surface area contributed by atoms with E-state index in [1.807, 2.05) is 6.07 Å². The molecule has 0 spiro atoms. The van der Waals surface area contributed by atoms with Crippen LogP contribution in [0, 0.1) is 5.41 Å². The van der Waals surface area contributed by atoms with Crippen molar-refractivity contribution in [2.75, 3.05) is 39.5 Å². The quantitative estimate of drug-likeness (QED) is 0.796. The zero-order valence-electron chi connectivity index (χ0n) is 11.1. The number of ether oxygens (including phenoxy) is 1. The molecule has 1 N–H and O–H groups in total. The number of hydrogen-bond acceptors (Lipinski definition) is 3. The van der Waals surface area contributed by atoms with E-state index in [1.54, 1.807) is 0 Å². The van der Waals surface area contributed by atoms with Crippen molar-refractivity contribution in [1.29, 1.82) is 0 Å². The van der Waals surface area contributed by atoms with Gasteiger partial charge < -0.3 is 14.7 Å². The fourth-order valence-electron chi connectivity index (χ4n) is 2.38. The van der Waals surface area contributed by atoms with Gasteiger partial charge in [0.25, 0.3) is 0 Å². The maximum absolute atomic E-state index is 9.46. The van der Waals surface area contributed by atoms with Gasteiger partial charge >= 0.3 is 0 Å². The van der Waals surface area contributed by atoms with Crippen molar-refractivity contribution in [2.24, 2.45) is 5.41 Å². The molecule has 1 aromatic rings. The molecule has 1 saturated heterocycles. The Morgan fingerprint density at radius 2 is 2.00 bits per heavy atom. The van der Waals surface area contributed by atoms with Crippen LogP contribution in [0.5, 0.6) is 0 Å². The standard InChI is InChI=1S/C15H23NO2/c1-2-16(10-15(11-17)12-18-13-15)9-8-14-6-4-3-5-7-14/h3-7,17H,2,8-13H2,1H3. The largest absolute Gasteiger partial charge is 0.396 e. The van der Waals surface area contributed by atoms with Crippen molar-refractivity contribution in [3.63, 3.8) is 0 Å². The topological polar surface area (TPSA) is 32.7 Å². The highest BCUT2D eigenvalue weighted by atomic mass is 16.5. The van der Waals surface area contributed by atoms with E-state index in [0.29, 0.717) is 13.2 Å². The molecular formula is C15H23NO2. The molecule has 0 atom stereocenters. The van der Waals surface area contributed by atoms with Crippen LogP contribution < -0.4 is 0 Å². The normalized spacial score (nSPS) is 17.7. The molecule has 0 aliphatic carbocycles. The highest BCUT2D eigenvalue weighted by Crippen LogP contribution is 2.27. The summed E-state index contributed by atoms with van der Waals surface area (Å²) >= 11 is 0. The summed E-state index contributed by atoms with van der Waals surface area (Å²) in [5.41, 5.74) is 1.37. The lowest BCUT2D eigenvalue weighted by molar-refractivity contribution is -0.147. The molecule has 1 heterocycles. The van der Waals surface area contributed by atoms with E-state index < -0.39 is 0 Å². The minimum absolute atomic E-state index is 0.00724. The van der Waals surface area contributed by atoms with Gasteiger partial charge in [0.1, 0.15) is 0 Å². The van der Waals surface area contributed by atoms with E-state index in [4.69, 9.17) is 4.74 Å². The maximum Gasteiger partial charge on any atom is 0.0579 e. The van der Waals surface area contributed by atoms with Crippen LogP contribution in [0.3, 0.4) is 0 Å². The monoisotopic (exact) mass is 249 g/mol. The van der Waals surface area contributed by atoms with Crippen molar-refractivity contribution in [3.05, 3.63) is 35.9 Å². The fourth-order valence-corrected chi connectivity index (χ4v) is 2.38. The lowest BCUT2D eigenvalue weighted by atomic mass is 9.86. The molecule has 18 heavy (non-hydrogen) atoms. The highest BCUT2D eigenvalue weighted by Gasteiger charge is 2.39. The molecule has 1 aliphatic rings. The first kappa shape index (κ1) is 13.5. The summed E-state index contributed by atoms with van der Waals surface area (Å²) in [7, 11) is 0. The second kappa shape index (κ2) is 6.32. The molecular weight excluding hydrogens is 226 g/mol. The average molecular weight is 249 g/mol. The van der Waals surface area contributed by atoms with Gasteiger partial charge in [0.15, 0.2) is 0 Å². The zero-order chi connectivity index (χ0) is 12.8. The van der Waals surface area contributed by atoms with E-state index in [2.05, 4.69) is 36.1 Å². The molecule has 0 amide bonds. The van der Waals surface area contributed by atoms with Gasteiger partial charge in [-0.2, -0.15) is 0 Å². The van der Waals surface area contributed by atoms with Gasteiger partial charge in [-0.15, -0.1) is 0 Å². The van der Waals surface area contributed by atoms with Crippen LogP contribution in [0.25, 0.3) is 0 Å². The first-order valence-electron chi connectivity index (χ1n) is 6.73. The smallest absolute Gasteiger partial charge is 0.0579 e. The Morgan fingerprint density at radius 3 is 2.50 bits per heavy atom. The predicted molar refractivity (Wildman–Crippen MR) is 72.6 cm³/mol. The number of likely N-dealkylation sites (N-methyl/N-ethyl adjacent to an activating group) is 1. The molecule has 0 bridgehead atoms. The van der Waals surface area contributed by atoms with Crippen LogP contribution in [-0.4, -0.2) is 49.5 Å². The Balaban J connectivity index is 1.82. The summed E-state index contributed by atoms with van der Waals surface area (Å²) in [4.78, 5) is 2.41. The summed E-state index contributed by atoms with van der Waals surface area (Å²) < 4.78 is 5.25. The van der Waals surface area contributed by atoms with Crippen LogP contribution in [0.15, 0.2) is 30.3 Å². The number of nitrogens with zero attached hydrogens (tertiary/aromatic N) is 1. The first-order valence-corrected chi connectivity index (χ1v) is 6.73. The molecule has 100 valence electrons. The Bertz CT molecular complexity index is 343. The third-order valence-electron chi connectivity index (χ3n) is 3.72. The number of hydrogen-bond donors (Lipinski definition) is 1. The van der Waals surface area contributed by atoms with Crippen LogP contribution in [-0.2, 0) is 11.2 Å². The predicted octanol–water partition coefficient (Wildman–Crippen LogP) is 1.56. The van der Waals surface area contributed by atoms with Crippen molar-refractivity contribution in [3.8, 4) is 0 Å². The zero-order valence-corrected chi connectivity index (χ0v) is 11.1. The van der Waals surface area contributed by atoms with E-state index in [1.165, 1.54) is 5.56 Å². The van der Waals surface area contributed by atoms with Gasteiger partial charge in [-0.05, 0) is 18.5 Å². The van der Waals surface area contributed by atoms with Crippen molar-refractivity contribution in [2.45, 2.75) is 13.3 Å². The van der Waals surface area contributed by atoms with Crippen LogP contribution >= 0.6 is 0 Å². The second-order valence-electron chi connectivity index (χ2n) is 5.26. The summed E-state index contributed by atoms with van der Waals surface area (Å²) in [6.07, 6.45) is 1.07. The third-order valence-corrected chi connectivity index (χ3v) is 3.72. The number of aliphatic hydroxyl groups is 1. The molecule has 1 fully saturated rings. The number of benzene rings is 1. The maximum atomic E-state index is 9.46. The van der Waals surface area contributed by atoms with E-state index >= 15 is 0 Å². The molecule has 3 nitrogen and oxygen atoms in total. The second-order valence-corrected chi connectivity index (χ2v) is 5.26. The molecule has 3 heteroatoms. The summed E-state index contributed by atoms with van der Waals surface area (Å²) in [5, 5.41) is 9.46. The first-order chi connectivity index (χ1) is 8.78. The average Bonchev–Trinajstić information content (AvgIpc) is 2.39. The van der Waals surface area contributed by atoms with Gasteiger partial charge in [0.2, 0.25) is 0 Å². The van der Waals surface area contributed by atoms with E-state index in [9.17, 15) is 5.11 Å². The third kappa shape index (κ3) is 3.31. The van der Waals surface area contributed by atoms with Gasteiger partial charge in [-0.1, -0.05) is 37.3 Å². The van der Waals surface area contributed by atoms with Crippen molar-refractivity contribution in [1.82, 2.24) is 4.90 Å². The molecule has 0 radical (unpaired) electrons. The van der Waals surface area contributed by atoms with Gasteiger partial charge in [-0.25, -0.2) is 0 Å². The summed E-state index contributed by atoms with van der Waals surface area (Å²) in [5.74, 6) is 0. The SMILES string of the molecule is CCN(CCc1ccccc1)CC1(CO)COC1. The van der Waals surface area contributed by atoms with Crippen LogP contribution in [0.4, 0.5) is 0 Å².